The molecule has 1 saturated heterocycles. The third-order valence-electron chi connectivity index (χ3n) is 6.83. The molecule has 0 bridgehead atoms. The second kappa shape index (κ2) is 11.7. The van der Waals surface area contributed by atoms with Crippen LogP contribution >= 0.6 is 0 Å². The smallest absolute Gasteiger partial charge is 0.321 e. The number of hydrogen-bond acceptors (Lipinski definition) is 2. The van der Waals surface area contributed by atoms with Crippen molar-refractivity contribution in [1.82, 2.24) is 10.2 Å². The number of rotatable bonds is 7. The SMILES string of the molecule is CCc1ccc(CNC(=O)c2cccc([C@@H]3CCCN(C(=O)Nc4ccc(CC)cc4)C3)c2)cc1. The molecule has 0 spiro atoms. The van der Waals surface area contributed by atoms with Crippen LogP contribution in [0.5, 0.6) is 0 Å². The summed E-state index contributed by atoms with van der Waals surface area (Å²) in [4.78, 5) is 27.6. The molecule has 0 aliphatic carbocycles. The quantitative estimate of drug-likeness (QED) is 0.436. The van der Waals surface area contributed by atoms with Crippen LogP contribution in [-0.2, 0) is 19.4 Å². The van der Waals surface area contributed by atoms with Gasteiger partial charge in [-0.3, -0.25) is 4.79 Å². The van der Waals surface area contributed by atoms with Crippen molar-refractivity contribution >= 4 is 17.6 Å². The maximum atomic E-state index is 12.9. The minimum Gasteiger partial charge on any atom is -0.348 e. The highest BCUT2D eigenvalue weighted by Gasteiger charge is 2.25. The first-order chi connectivity index (χ1) is 17.1. The van der Waals surface area contributed by atoms with Crippen LogP contribution in [0.1, 0.15) is 65.2 Å². The zero-order chi connectivity index (χ0) is 24.6. The fourth-order valence-electron chi connectivity index (χ4n) is 4.57. The van der Waals surface area contributed by atoms with Crippen molar-refractivity contribution < 1.29 is 9.59 Å². The van der Waals surface area contributed by atoms with E-state index in [1.807, 2.05) is 47.4 Å². The first-order valence-corrected chi connectivity index (χ1v) is 12.7. The number of carbonyl (C=O) groups excluding carboxylic acids is 2. The van der Waals surface area contributed by atoms with Crippen molar-refractivity contribution in [3.8, 4) is 0 Å². The molecule has 3 aromatic carbocycles. The van der Waals surface area contributed by atoms with Gasteiger partial charge in [0.05, 0.1) is 0 Å². The first kappa shape index (κ1) is 24.5. The fourth-order valence-corrected chi connectivity index (χ4v) is 4.57. The number of hydrogen-bond donors (Lipinski definition) is 2. The summed E-state index contributed by atoms with van der Waals surface area (Å²) in [5, 5.41) is 6.06. The molecular weight excluding hydrogens is 434 g/mol. The highest BCUT2D eigenvalue weighted by Crippen LogP contribution is 2.28. The maximum Gasteiger partial charge on any atom is 0.321 e. The van der Waals surface area contributed by atoms with Gasteiger partial charge in [-0.05, 0) is 72.2 Å². The molecule has 182 valence electrons. The van der Waals surface area contributed by atoms with Crippen LogP contribution in [0.15, 0.2) is 72.8 Å². The molecule has 1 atom stereocenters. The molecule has 0 saturated carbocycles. The second-order valence-corrected chi connectivity index (χ2v) is 9.24. The van der Waals surface area contributed by atoms with Crippen LogP contribution in [-0.4, -0.2) is 29.9 Å². The number of nitrogens with one attached hydrogen (secondary N) is 2. The zero-order valence-electron chi connectivity index (χ0n) is 20.7. The number of likely N-dealkylation sites (tertiary alicyclic amines) is 1. The van der Waals surface area contributed by atoms with E-state index in [1.165, 1.54) is 11.1 Å². The molecule has 1 aliphatic heterocycles. The summed E-state index contributed by atoms with van der Waals surface area (Å²) in [5.74, 6) is 0.138. The Morgan fingerprint density at radius 3 is 2.23 bits per heavy atom. The van der Waals surface area contributed by atoms with Crippen molar-refractivity contribution in [2.75, 3.05) is 18.4 Å². The lowest BCUT2D eigenvalue weighted by Crippen LogP contribution is -2.41. The molecule has 0 aromatic heterocycles. The molecule has 3 amide bonds. The van der Waals surface area contributed by atoms with Crippen molar-refractivity contribution in [1.29, 1.82) is 0 Å². The summed E-state index contributed by atoms with van der Waals surface area (Å²) < 4.78 is 0. The minimum absolute atomic E-state index is 0.0677. The third kappa shape index (κ3) is 6.50. The Balaban J connectivity index is 1.35. The van der Waals surface area contributed by atoms with E-state index in [1.54, 1.807) is 0 Å². The fraction of sp³-hybridized carbons (Fsp3) is 0.333. The van der Waals surface area contributed by atoms with Crippen molar-refractivity contribution in [3.05, 3.63) is 101 Å². The molecule has 2 N–H and O–H groups in total. The van der Waals surface area contributed by atoms with Crippen molar-refractivity contribution in [2.45, 2.75) is 52.0 Å². The van der Waals surface area contributed by atoms with Crippen LogP contribution in [0.2, 0.25) is 0 Å². The highest BCUT2D eigenvalue weighted by molar-refractivity contribution is 5.94. The number of nitrogens with zero attached hydrogens (tertiary/aromatic N) is 1. The number of urea groups is 1. The lowest BCUT2D eigenvalue weighted by atomic mass is 9.89. The Hall–Kier alpha value is -3.60. The monoisotopic (exact) mass is 469 g/mol. The Bertz CT molecular complexity index is 1140. The number of piperidine rings is 1. The summed E-state index contributed by atoms with van der Waals surface area (Å²) in [7, 11) is 0. The number of carbonyl (C=O) groups is 2. The van der Waals surface area contributed by atoms with Crippen molar-refractivity contribution in [2.24, 2.45) is 0 Å². The Kier molecular flexibility index (Phi) is 8.19. The molecule has 0 unspecified atom stereocenters. The minimum atomic E-state index is -0.0765. The van der Waals surface area contributed by atoms with Gasteiger partial charge in [-0.25, -0.2) is 4.79 Å². The van der Waals surface area contributed by atoms with Crippen LogP contribution < -0.4 is 10.6 Å². The maximum absolute atomic E-state index is 12.9. The summed E-state index contributed by atoms with van der Waals surface area (Å²) in [6.07, 6.45) is 3.93. The van der Waals surface area contributed by atoms with Gasteiger partial charge in [-0.1, -0.05) is 62.4 Å². The topological polar surface area (TPSA) is 61.4 Å². The van der Waals surface area contributed by atoms with Crippen LogP contribution in [0.4, 0.5) is 10.5 Å². The normalized spacial score (nSPS) is 15.5. The molecule has 35 heavy (non-hydrogen) atoms. The molecule has 4 rings (SSSR count). The van der Waals surface area contributed by atoms with E-state index >= 15 is 0 Å². The summed E-state index contributed by atoms with van der Waals surface area (Å²) in [6, 6.07) is 24.1. The average Bonchev–Trinajstić information content (AvgIpc) is 2.92. The van der Waals surface area contributed by atoms with Gasteiger partial charge in [-0.2, -0.15) is 0 Å². The molecule has 3 aromatic rings. The summed E-state index contributed by atoms with van der Waals surface area (Å²) in [6.45, 7) is 6.14. The standard InChI is InChI=1S/C30H35N3O2/c1-3-22-10-12-24(13-11-22)20-31-29(34)26-8-5-7-25(19-26)27-9-6-18-33(21-27)30(35)32-28-16-14-23(4-2)15-17-28/h5,7-8,10-17,19,27H,3-4,6,9,18,20-21H2,1-2H3,(H,31,34)(H,32,35)/t27-/m1/s1. The number of amides is 3. The second-order valence-electron chi connectivity index (χ2n) is 9.24. The number of anilines is 1. The predicted octanol–water partition coefficient (Wildman–Crippen LogP) is 6.15. The van der Waals surface area contributed by atoms with Gasteiger partial charge in [0.25, 0.3) is 5.91 Å². The average molecular weight is 470 g/mol. The van der Waals surface area contributed by atoms with Gasteiger partial charge in [-0.15, -0.1) is 0 Å². The van der Waals surface area contributed by atoms with Crippen LogP contribution in [0.3, 0.4) is 0 Å². The van der Waals surface area contributed by atoms with E-state index in [-0.39, 0.29) is 17.9 Å². The highest BCUT2D eigenvalue weighted by atomic mass is 16.2. The van der Waals surface area contributed by atoms with E-state index in [4.69, 9.17) is 0 Å². The van der Waals surface area contributed by atoms with Gasteiger partial charge in [0, 0.05) is 36.8 Å². The van der Waals surface area contributed by atoms with E-state index in [0.717, 1.165) is 49.0 Å². The molecule has 1 fully saturated rings. The molecule has 5 heteroatoms. The predicted molar refractivity (Wildman–Crippen MR) is 142 cm³/mol. The number of aryl methyl sites for hydroxylation is 2. The lowest BCUT2D eigenvalue weighted by Gasteiger charge is -2.33. The first-order valence-electron chi connectivity index (χ1n) is 12.7. The Labute approximate surface area is 208 Å². The van der Waals surface area contributed by atoms with Crippen LogP contribution in [0.25, 0.3) is 0 Å². The summed E-state index contributed by atoms with van der Waals surface area (Å²) in [5.41, 5.74) is 6.21. The zero-order valence-corrected chi connectivity index (χ0v) is 20.7. The van der Waals surface area contributed by atoms with E-state index in [2.05, 4.69) is 54.8 Å². The molecule has 1 aliphatic rings. The Morgan fingerprint density at radius 1 is 0.886 bits per heavy atom. The van der Waals surface area contributed by atoms with Gasteiger partial charge in [0.1, 0.15) is 0 Å². The van der Waals surface area contributed by atoms with Crippen LogP contribution in [0, 0.1) is 0 Å². The molecule has 5 nitrogen and oxygen atoms in total. The van der Waals surface area contributed by atoms with Gasteiger partial charge >= 0.3 is 6.03 Å². The van der Waals surface area contributed by atoms with Gasteiger partial charge in [0.15, 0.2) is 0 Å². The van der Waals surface area contributed by atoms with Crippen molar-refractivity contribution in [3.63, 3.8) is 0 Å². The third-order valence-corrected chi connectivity index (χ3v) is 6.83. The van der Waals surface area contributed by atoms with E-state index in [9.17, 15) is 9.59 Å². The van der Waals surface area contributed by atoms with E-state index in [0.29, 0.717) is 18.7 Å². The largest absolute Gasteiger partial charge is 0.348 e. The molecule has 0 radical (unpaired) electrons. The Morgan fingerprint density at radius 2 is 1.54 bits per heavy atom. The summed E-state index contributed by atoms with van der Waals surface area (Å²) >= 11 is 0. The lowest BCUT2D eigenvalue weighted by molar-refractivity contribution is 0.0950. The molecular formula is C30H35N3O2. The van der Waals surface area contributed by atoms with Gasteiger partial charge in [0.2, 0.25) is 0 Å². The van der Waals surface area contributed by atoms with E-state index < -0.39 is 0 Å². The molecule has 1 heterocycles. The number of benzene rings is 3. The van der Waals surface area contributed by atoms with Gasteiger partial charge < -0.3 is 15.5 Å².